The van der Waals surface area contributed by atoms with Crippen LogP contribution in [0.3, 0.4) is 0 Å². The largest absolute Gasteiger partial charge is 0.464 e. The lowest BCUT2D eigenvalue weighted by Crippen LogP contribution is -2.15. The van der Waals surface area contributed by atoms with Gasteiger partial charge in [-0.15, -0.1) is 0 Å². The van der Waals surface area contributed by atoms with Gasteiger partial charge in [-0.3, -0.25) is 24.4 Å². The van der Waals surface area contributed by atoms with Gasteiger partial charge in [0.15, 0.2) is 18.1 Å². The number of benzene rings is 2. The molecule has 178 valence electrons. The maximum Gasteiger partial charge on any atom is 0.311 e. The highest BCUT2D eigenvalue weighted by molar-refractivity contribution is 6.05. The van der Waals surface area contributed by atoms with Crippen LogP contribution in [0.2, 0.25) is 0 Å². The van der Waals surface area contributed by atoms with E-state index >= 15 is 0 Å². The molecular formula is C22H18FN7O5. The Balaban J connectivity index is 1.38. The Morgan fingerprint density at radius 2 is 1.66 bits per heavy atom. The van der Waals surface area contributed by atoms with Gasteiger partial charge >= 0.3 is 5.69 Å². The Bertz CT molecular complexity index is 1410. The average molecular weight is 479 g/mol. The molecule has 4 aromatic rings. The van der Waals surface area contributed by atoms with Crippen LogP contribution < -0.4 is 15.4 Å². The monoisotopic (exact) mass is 479 g/mol. The lowest BCUT2D eigenvalue weighted by atomic mass is 10.2. The highest BCUT2D eigenvalue weighted by Crippen LogP contribution is 2.27. The van der Waals surface area contributed by atoms with Crippen LogP contribution in [0, 0.1) is 15.9 Å². The number of nitro groups is 1. The molecule has 0 unspecified atom stereocenters. The molecule has 2 heterocycles. The van der Waals surface area contributed by atoms with E-state index in [0.29, 0.717) is 11.4 Å². The number of carbonyl (C=O) groups is 2. The first-order valence-corrected chi connectivity index (χ1v) is 10.1. The highest BCUT2D eigenvalue weighted by Gasteiger charge is 2.17. The molecule has 0 aliphatic carbocycles. The van der Waals surface area contributed by atoms with Gasteiger partial charge in [0.1, 0.15) is 5.82 Å². The number of hydrogen-bond acceptors (Lipinski definition) is 7. The minimum absolute atomic E-state index is 0.0465. The molecule has 0 saturated heterocycles. The molecule has 2 aromatic heterocycles. The molecule has 0 fully saturated rings. The summed E-state index contributed by atoms with van der Waals surface area (Å²) in [5.41, 5.74) is 0.763. The molecule has 0 bridgehead atoms. The molecule has 0 spiro atoms. The summed E-state index contributed by atoms with van der Waals surface area (Å²) >= 11 is 0. The highest BCUT2D eigenvalue weighted by atomic mass is 19.1. The molecule has 12 nitrogen and oxygen atoms in total. The predicted octanol–water partition coefficient (Wildman–Crippen LogP) is 3.21. The third-order valence-corrected chi connectivity index (χ3v) is 4.67. The van der Waals surface area contributed by atoms with E-state index in [1.54, 1.807) is 43.6 Å². The van der Waals surface area contributed by atoms with Crippen molar-refractivity contribution >= 4 is 28.9 Å². The van der Waals surface area contributed by atoms with Gasteiger partial charge in [-0.25, -0.2) is 9.07 Å². The molecule has 2 N–H and O–H groups in total. The van der Waals surface area contributed by atoms with E-state index < -0.39 is 28.2 Å². The third-order valence-electron chi connectivity index (χ3n) is 4.67. The van der Waals surface area contributed by atoms with Crippen molar-refractivity contribution in [3.05, 3.63) is 94.3 Å². The fourth-order valence-electron chi connectivity index (χ4n) is 3.05. The number of aryl methyl sites for hydroxylation is 1. The lowest BCUT2D eigenvalue weighted by molar-refractivity contribution is -0.386. The lowest BCUT2D eigenvalue weighted by Gasteiger charge is -2.08. The van der Waals surface area contributed by atoms with E-state index in [9.17, 15) is 24.1 Å². The summed E-state index contributed by atoms with van der Waals surface area (Å²) in [6.07, 6.45) is 3.08. The van der Waals surface area contributed by atoms with E-state index in [2.05, 4.69) is 20.8 Å². The first-order chi connectivity index (χ1) is 16.8. The number of rotatable bonds is 8. The van der Waals surface area contributed by atoms with Gasteiger partial charge in [0, 0.05) is 42.9 Å². The summed E-state index contributed by atoms with van der Waals surface area (Å²) < 4.78 is 21.5. The predicted molar refractivity (Wildman–Crippen MR) is 121 cm³/mol. The summed E-state index contributed by atoms with van der Waals surface area (Å²) in [6.45, 7) is -0.285. The van der Waals surface area contributed by atoms with Gasteiger partial charge in [-0.2, -0.15) is 10.2 Å². The minimum atomic E-state index is -0.691. The SMILES string of the molecule is Cn1ccc(C(=O)Nc2cccc(NC(=O)c3ccn(COc4cc(F)ccc4[N+](=O)[O-])n3)c2)n1. The van der Waals surface area contributed by atoms with E-state index in [0.717, 1.165) is 18.2 Å². The van der Waals surface area contributed by atoms with Crippen molar-refractivity contribution in [1.82, 2.24) is 19.6 Å². The third kappa shape index (κ3) is 5.65. The Hall–Kier alpha value is -5.07. The quantitative estimate of drug-likeness (QED) is 0.291. The van der Waals surface area contributed by atoms with Crippen molar-refractivity contribution in [3.63, 3.8) is 0 Å². The van der Waals surface area contributed by atoms with Gasteiger partial charge in [0.25, 0.3) is 11.8 Å². The second-order valence-electron chi connectivity index (χ2n) is 7.25. The van der Waals surface area contributed by atoms with Crippen molar-refractivity contribution < 1.29 is 23.6 Å². The fourth-order valence-corrected chi connectivity index (χ4v) is 3.05. The normalized spacial score (nSPS) is 10.6. The van der Waals surface area contributed by atoms with Crippen LogP contribution in [0.1, 0.15) is 21.0 Å². The van der Waals surface area contributed by atoms with Crippen molar-refractivity contribution in [2.24, 2.45) is 7.05 Å². The van der Waals surface area contributed by atoms with Gasteiger partial charge in [0.05, 0.1) is 4.92 Å². The van der Waals surface area contributed by atoms with E-state index in [-0.39, 0.29) is 23.9 Å². The smallest absolute Gasteiger partial charge is 0.311 e. The molecule has 2 amide bonds. The number of nitro benzene ring substituents is 1. The van der Waals surface area contributed by atoms with E-state index in [1.165, 1.54) is 21.6 Å². The number of halogens is 1. The van der Waals surface area contributed by atoms with Gasteiger partial charge in [-0.05, 0) is 36.4 Å². The molecule has 0 aliphatic heterocycles. The zero-order chi connectivity index (χ0) is 24.9. The Morgan fingerprint density at radius 3 is 2.29 bits per heavy atom. The zero-order valence-corrected chi connectivity index (χ0v) is 18.2. The first kappa shape index (κ1) is 23.1. The van der Waals surface area contributed by atoms with Crippen LogP contribution in [0.15, 0.2) is 67.0 Å². The summed E-state index contributed by atoms with van der Waals surface area (Å²) in [5, 5.41) is 24.5. The molecule has 4 rings (SSSR count). The van der Waals surface area contributed by atoms with Crippen molar-refractivity contribution in [2.45, 2.75) is 6.73 Å². The number of nitrogens with one attached hydrogen (secondary N) is 2. The van der Waals surface area contributed by atoms with Crippen LogP contribution >= 0.6 is 0 Å². The number of amides is 2. The number of carbonyl (C=O) groups excluding carboxylic acids is 2. The summed E-state index contributed by atoms with van der Waals surface area (Å²) in [5.74, 6) is -1.88. The molecule has 35 heavy (non-hydrogen) atoms. The second kappa shape index (κ2) is 9.82. The standard InChI is InChI=1S/C22H18FN7O5/c1-28-9-7-17(26-28)21(31)24-15-3-2-4-16(12-15)25-22(32)18-8-10-29(27-18)13-35-20-11-14(23)5-6-19(20)30(33)34/h2-12H,13H2,1H3,(H,24,31)(H,25,32). The Labute approximate surface area is 197 Å². The molecule has 0 saturated carbocycles. The number of nitrogens with zero attached hydrogens (tertiary/aromatic N) is 5. The van der Waals surface area contributed by atoms with Crippen molar-refractivity contribution in [1.29, 1.82) is 0 Å². The maximum atomic E-state index is 13.4. The van der Waals surface area contributed by atoms with Crippen molar-refractivity contribution in [2.75, 3.05) is 10.6 Å². The van der Waals surface area contributed by atoms with Gasteiger partial charge in [-0.1, -0.05) is 6.07 Å². The molecule has 0 aliphatic rings. The minimum Gasteiger partial charge on any atom is -0.464 e. The summed E-state index contributed by atoms with van der Waals surface area (Å²) in [4.78, 5) is 35.2. The van der Waals surface area contributed by atoms with Crippen LogP contribution in [0.25, 0.3) is 0 Å². The zero-order valence-electron chi connectivity index (χ0n) is 18.2. The molecular weight excluding hydrogens is 461 g/mol. The fraction of sp³-hybridized carbons (Fsp3) is 0.0909. The van der Waals surface area contributed by atoms with E-state index in [1.807, 2.05) is 0 Å². The summed E-state index contributed by atoms with van der Waals surface area (Å²) in [7, 11) is 1.70. The van der Waals surface area contributed by atoms with Gasteiger partial charge < -0.3 is 15.4 Å². The van der Waals surface area contributed by atoms with Crippen molar-refractivity contribution in [3.8, 4) is 5.75 Å². The van der Waals surface area contributed by atoms with Crippen LogP contribution in [0.4, 0.5) is 21.5 Å². The maximum absolute atomic E-state index is 13.4. The Kier molecular flexibility index (Phi) is 6.48. The molecule has 0 radical (unpaired) electrons. The number of aromatic nitrogens is 4. The molecule has 13 heteroatoms. The number of anilines is 2. The first-order valence-electron chi connectivity index (χ1n) is 10.1. The topological polar surface area (TPSA) is 146 Å². The second-order valence-corrected chi connectivity index (χ2v) is 7.25. The van der Waals surface area contributed by atoms with Crippen LogP contribution in [-0.4, -0.2) is 36.3 Å². The molecule has 0 atom stereocenters. The van der Waals surface area contributed by atoms with Gasteiger partial charge in [0.2, 0.25) is 5.75 Å². The van der Waals surface area contributed by atoms with E-state index in [4.69, 9.17) is 4.74 Å². The van der Waals surface area contributed by atoms with Crippen LogP contribution in [0.5, 0.6) is 5.75 Å². The number of ether oxygens (including phenoxy) is 1. The summed E-state index contributed by atoms with van der Waals surface area (Å²) in [6, 6.07) is 12.4. The number of hydrogen-bond donors (Lipinski definition) is 2. The average Bonchev–Trinajstić information content (AvgIpc) is 3.47. The van der Waals surface area contributed by atoms with Crippen LogP contribution in [-0.2, 0) is 13.8 Å². The molecule has 2 aromatic carbocycles. The Morgan fingerprint density at radius 1 is 1.00 bits per heavy atom.